The maximum Gasteiger partial charge on any atom is 0.306 e. The molecule has 0 aliphatic carbocycles. The molecule has 1 atom stereocenters. The molecule has 0 saturated heterocycles. The van der Waals surface area contributed by atoms with E-state index in [1.54, 1.807) is 0 Å². The fraction of sp³-hybridized carbons (Fsp3) is 0.723. The zero-order valence-electron chi connectivity index (χ0n) is 46.0. The maximum atomic E-state index is 12.3. The van der Waals surface area contributed by atoms with Crippen molar-refractivity contribution in [1.82, 2.24) is 0 Å². The highest BCUT2D eigenvalue weighted by molar-refractivity contribution is 5.70. The van der Waals surface area contributed by atoms with Crippen LogP contribution in [0.25, 0.3) is 0 Å². The number of aliphatic hydroxyl groups is 1. The minimum atomic E-state index is -0.781. The molecule has 1 N–H and O–H groups in total. The number of ether oxygens (including phenoxy) is 2. The molecule has 5 nitrogen and oxygen atoms in total. The van der Waals surface area contributed by atoms with E-state index in [9.17, 15) is 14.7 Å². The molecule has 0 bridgehead atoms. The van der Waals surface area contributed by atoms with Crippen LogP contribution in [0.15, 0.2) is 97.2 Å². The smallest absolute Gasteiger partial charge is 0.306 e. The van der Waals surface area contributed by atoms with Crippen LogP contribution in [0.1, 0.15) is 284 Å². The highest BCUT2D eigenvalue weighted by atomic mass is 16.6. The van der Waals surface area contributed by atoms with Gasteiger partial charge >= 0.3 is 11.9 Å². The molecule has 0 spiro atoms. The Hall–Kier alpha value is -3.18. The van der Waals surface area contributed by atoms with Gasteiger partial charge in [0.25, 0.3) is 0 Å². The first-order valence-electron chi connectivity index (χ1n) is 29.8. The third-order valence-electron chi connectivity index (χ3n) is 12.9. The Kier molecular flexibility index (Phi) is 57.4. The summed E-state index contributed by atoms with van der Waals surface area (Å²) >= 11 is 0. The van der Waals surface area contributed by atoms with Gasteiger partial charge in [0, 0.05) is 12.8 Å². The van der Waals surface area contributed by atoms with E-state index in [2.05, 4.69) is 111 Å². The Morgan fingerprint density at radius 1 is 0.343 bits per heavy atom. The molecule has 1 unspecified atom stereocenters. The van der Waals surface area contributed by atoms with Gasteiger partial charge in [-0.05, 0) is 96.3 Å². The quantitative estimate of drug-likeness (QED) is 0.0373. The van der Waals surface area contributed by atoms with Crippen molar-refractivity contribution in [3.63, 3.8) is 0 Å². The van der Waals surface area contributed by atoms with Crippen molar-refractivity contribution in [3.8, 4) is 0 Å². The van der Waals surface area contributed by atoms with Gasteiger partial charge in [0.2, 0.25) is 0 Å². The fourth-order valence-electron chi connectivity index (χ4n) is 8.41. The van der Waals surface area contributed by atoms with Gasteiger partial charge < -0.3 is 14.6 Å². The fourth-order valence-corrected chi connectivity index (χ4v) is 8.41. The largest absolute Gasteiger partial charge is 0.462 e. The van der Waals surface area contributed by atoms with Gasteiger partial charge in [0.1, 0.15) is 6.61 Å². The number of hydrogen-bond donors (Lipinski definition) is 1. The predicted molar refractivity (Wildman–Crippen MR) is 306 cm³/mol. The number of rotatable bonds is 54. The van der Waals surface area contributed by atoms with Crippen molar-refractivity contribution in [2.45, 2.75) is 290 Å². The summed E-state index contributed by atoms with van der Waals surface area (Å²) in [5, 5.41) is 9.67. The Balaban J connectivity index is 3.51. The van der Waals surface area contributed by atoms with Crippen LogP contribution in [0.5, 0.6) is 0 Å². The summed E-state index contributed by atoms with van der Waals surface area (Å²) in [6.07, 6.45) is 85.3. The molecule has 5 heteroatoms. The monoisotopic (exact) mass is 973 g/mol. The van der Waals surface area contributed by atoms with Gasteiger partial charge in [-0.15, -0.1) is 0 Å². The van der Waals surface area contributed by atoms with Crippen LogP contribution in [0.2, 0.25) is 0 Å². The first-order chi connectivity index (χ1) is 34.6. The predicted octanol–water partition coefficient (Wildman–Crippen LogP) is 20.3. The number of carbonyl (C=O) groups excluding carboxylic acids is 2. The lowest BCUT2D eigenvalue weighted by molar-refractivity contribution is -0.161. The number of unbranched alkanes of at least 4 members (excludes halogenated alkanes) is 30. The topological polar surface area (TPSA) is 72.8 Å². The lowest BCUT2D eigenvalue weighted by Crippen LogP contribution is -2.28. The zero-order chi connectivity index (χ0) is 50.6. The summed E-state index contributed by atoms with van der Waals surface area (Å²) < 4.78 is 10.7. The second-order valence-corrected chi connectivity index (χ2v) is 19.7. The molecule has 0 aromatic rings. The molecule has 0 aliphatic heterocycles. The summed E-state index contributed by atoms with van der Waals surface area (Å²) in [6, 6.07) is 0. The number of allylic oxidation sites excluding steroid dienone is 16. The molecule has 402 valence electrons. The van der Waals surface area contributed by atoms with Gasteiger partial charge in [-0.2, -0.15) is 0 Å². The average molecular weight is 974 g/mol. The standard InChI is InChI=1S/C65H112O5/c1-3-5-7-9-11-13-15-17-19-21-23-25-27-29-31-32-34-36-38-40-42-44-46-48-50-52-54-56-58-60-65(68)70-63(61-66)62-69-64(67)59-57-55-53-51-49-47-45-43-41-39-37-35-33-30-28-26-24-22-20-18-16-14-12-10-8-6-4-2/h5,7,11,13,16-19,22-25,29,31,34,36,63,66H,3-4,6,8-10,12,14-15,20-21,26-28,30,32-33,35,37-62H2,1-2H3/b7-5-,13-11-,18-16-,19-17-,24-22-,25-23-,31-29-,36-34-. The summed E-state index contributed by atoms with van der Waals surface area (Å²) in [7, 11) is 0. The first-order valence-corrected chi connectivity index (χ1v) is 29.8. The van der Waals surface area contributed by atoms with Crippen molar-refractivity contribution >= 4 is 11.9 Å². The Morgan fingerprint density at radius 2 is 0.614 bits per heavy atom. The van der Waals surface area contributed by atoms with Crippen LogP contribution in [0.4, 0.5) is 0 Å². The van der Waals surface area contributed by atoms with Crippen LogP contribution in [0.3, 0.4) is 0 Å². The van der Waals surface area contributed by atoms with Crippen LogP contribution in [0, 0.1) is 0 Å². The SMILES string of the molecule is CC/C=C\C/C=C\C/C=C\C/C=C\C/C=C\C/C=C\CCCCCCCCCCCCC(=O)OC(CO)COC(=O)CCCCCCCCCCCCCCCCC/C=C\C/C=C\CCCCCCC. The van der Waals surface area contributed by atoms with Crippen LogP contribution >= 0.6 is 0 Å². The number of aliphatic hydroxyl groups excluding tert-OH is 1. The van der Waals surface area contributed by atoms with Crippen molar-refractivity contribution in [2.24, 2.45) is 0 Å². The van der Waals surface area contributed by atoms with E-state index in [4.69, 9.17) is 9.47 Å². The molecule has 0 radical (unpaired) electrons. The third kappa shape index (κ3) is 57.4. The highest BCUT2D eigenvalue weighted by Crippen LogP contribution is 2.16. The summed E-state index contributed by atoms with van der Waals surface area (Å²) in [4.78, 5) is 24.6. The molecule has 0 aliphatic rings. The number of esters is 2. The number of carbonyl (C=O) groups is 2. The molecular formula is C65H112O5. The minimum Gasteiger partial charge on any atom is -0.462 e. The second kappa shape index (κ2) is 60.1. The lowest BCUT2D eigenvalue weighted by Gasteiger charge is -2.15. The van der Waals surface area contributed by atoms with Gasteiger partial charge in [0.05, 0.1) is 6.61 Å². The maximum absolute atomic E-state index is 12.3. The molecular weight excluding hydrogens is 861 g/mol. The average Bonchev–Trinajstić information content (AvgIpc) is 3.36. The van der Waals surface area contributed by atoms with Crippen molar-refractivity contribution < 1.29 is 24.2 Å². The van der Waals surface area contributed by atoms with Crippen LogP contribution in [-0.4, -0.2) is 36.4 Å². The summed E-state index contributed by atoms with van der Waals surface area (Å²) in [5.74, 6) is -0.591. The minimum absolute atomic E-state index is 0.0702. The Morgan fingerprint density at radius 3 is 0.929 bits per heavy atom. The first kappa shape index (κ1) is 66.8. The molecule has 0 saturated carbocycles. The van der Waals surface area contributed by atoms with E-state index in [0.29, 0.717) is 12.8 Å². The summed E-state index contributed by atoms with van der Waals surface area (Å²) in [6.45, 7) is 4.03. The van der Waals surface area contributed by atoms with E-state index in [1.165, 1.54) is 173 Å². The highest BCUT2D eigenvalue weighted by Gasteiger charge is 2.16. The summed E-state index contributed by atoms with van der Waals surface area (Å²) in [5.41, 5.74) is 0. The Labute approximate surface area is 434 Å². The molecule has 0 rings (SSSR count). The van der Waals surface area contributed by atoms with E-state index in [0.717, 1.165) is 83.5 Å². The van der Waals surface area contributed by atoms with Gasteiger partial charge in [-0.25, -0.2) is 0 Å². The van der Waals surface area contributed by atoms with Crippen molar-refractivity contribution in [1.29, 1.82) is 0 Å². The zero-order valence-corrected chi connectivity index (χ0v) is 46.0. The lowest BCUT2D eigenvalue weighted by atomic mass is 10.0. The van der Waals surface area contributed by atoms with Crippen molar-refractivity contribution in [3.05, 3.63) is 97.2 Å². The van der Waals surface area contributed by atoms with E-state index in [-0.39, 0.29) is 25.2 Å². The van der Waals surface area contributed by atoms with E-state index >= 15 is 0 Å². The van der Waals surface area contributed by atoms with Gasteiger partial charge in [-0.1, -0.05) is 272 Å². The molecule has 0 amide bonds. The normalized spacial score (nSPS) is 12.9. The van der Waals surface area contributed by atoms with Crippen LogP contribution < -0.4 is 0 Å². The van der Waals surface area contributed by atoms with Crippen LogP contribution in [-0.2, 0) is 19.1 Å². The Bertz CT molecular complexity index is 1330. The van der Waals surface area contributed by atoms with Crippen molar-refractivity contribution in [2.75, 3.05) is 13.2 Å². The molecule has 70 heavy (non-hydrogen) atoms. The molecule has 0 aromatic carbocycles. The van der Waals surface area contributed by atoms with Gasteiger partial charge in [0.15, 0.2) is 6.10 Å². The molecule has 0 aromatic heterocycles. The van der Waals surface area contributed by atoms with Gasteiger partial charge in [-0.3, -0.25) is 9.59 Å². The molecule has 0 heterocycles. The molecule has 0 fully saturated rings. The second-order valence-electron chi connectivity index (χ2n) is 19.7. The third-order valence-corrected chi connectivity index (χ3v) is 12.9. The van der Waals surface area contributed by atoms with E-state index in [1.807, 2.05) is 0 Å². The number of hydrogen-bond acceptors (Lipinski definition) is 5. The van der Waals surface area contributed by atoms with E-state index < -0.39 is 6.10 Å².